The molecule has 0 N–H and O–H groups in total. The first-order valence-corrected chi connectivity index (χ1v) is 5.27. The molecule has 1 saturated carbocycles. The number of carbonyl (C=O) groups is 2. The molecule has 5 nitrogen and oxygen atoms in total. The van der Waals surface area contributed by atoms with Gasteiger partial charge in [-0.05, 0) is 6.92 Å². The van der Waals surface area contributed by atoms with E-state index < -0.39 is 22.8 Å². The summed E-state index contributed by atoms with van der Waals surface area (Å²) in [7, 11) is 0. The van der Waals surface area contributed by atoms with Gasteiger partial charge in [0.15, 0.2) is 5.78 Å². The maximum Gasteiger partial charge on any atom is 0.234 e. The van der Waals surface area contributed by atoms with Gasteiger partial charge in [-0.1, -0.05) is 30.3 Å². The zero-order chi connectivity index (χ0) is 12.6. The van der Waals surface area contributed by atoms with E-state index in [9.17, 15) is 19.7 Å². The Morgan fingerprint density at radius 2 is 1.76 bits per heavy atom. The zero-order valence-corrected chi connectivity index (χ0v) is 9.20. The fourth-order valence-electron chi connectivity index (χ4n) is 2.16. The summed E-state index contributed by atoms with van der Waals surface area (Å²) in [4.78, 5) is 33.4. The van der Waals surface area contributed by atoms with Gasteiger partial charge in [-0.3, -0.25) is 19.7 Å². The molecule has 0 saturated heterocycles. The number of hydrogen-bond acceptors (Lipinski definition) is 4. The summed E-state index contributed by atoms with van der Waals surface area (Å²) in [5.41, 5.74) is 0.424. The largest absolute Gasteiger partial charge is 0.299 e. The third-order valence-electron chi connectivity index (χ3n) is 3.06. The quantitative estimate of drug-likeness (QED) is 0.446. The van der Waals surface area contributed by atoms with Crippen molar-refractivity contribution in [3.05, 3.63) is 46.0 Å². The minimum absolute atomic E-state index is 0.291. The molecule has 1 aliphatic rings. The Hall–Kier alpha value is -2.04. The highest BCUT2D eigenvalue weighted by Crippen LogP contribution is 2.44. The Morgan fingerprint density at radius 1 is 1.18 bits per heavy atom. The average Bonchev–Trinajstić information content (AvgIpc) is 3.04. The second-order valence-corrected chi connectivity index (χ2v) is 4.17. The molecule has 17 heavy (non-hydrogen) atoms. The molecular formula is C12H11NO4. The Balaban J connectivity index is 2.22. The van der Waals surface area contributed by atoms with Gasteiger partial charge in [-0.15, -0.1) is 0 Å². The molecule has 0 radical (unpaired) electrons. The van der Waals surface area contributed by atoms with Crippen LogP contribution in [0, 0.1) is 22.0 Å². The smallest absolute Gasteiger partial charge is 0.234 e. The van der Waals surface area contributed by atoms with E-state index in [-0.39, 0.29) is 11.6 Å². The van der Waals surface area contributed by atoms with Gasteiger partial charge in [0, 0.05) is 10.5 Å². The maximum atomic E-state index is 12.0. The van der Waals surface area contributed by atoms with Crippen LogP contribution in [0.25, 0.3) is 0 Å². The van der Waals surface area contributed by atoms with Crippen LogP contribution >= 0.6 is 0 Å². The first kappa shape index (κ1) is 11.4. The summed E-state index contributed by atoms with van der Waals surface area (Å²) in [6.45, 7) is 1.29. The molecule has 0 amide bonds. The van der Waals surface area contributed by atoms with Crippen LogP contribution in [0.5, 0.6) is 0 Å². The number of hydrogen-bond donors (Lipinski definition) is 0. The highest BCUT2D eigenvalue weighted by atomic mass is 16.6. The summed E-state index contributed by atoms with van der Waals surface area (Å²) < 4.78 is 0. The highest BCUT2D eigenvalue weighted by Gasteiger charge is 2.66. The Kier molecular flexibility index (Phi) is 2.75. The summed E-state index contributed by atoms with van der Waals surface area (Å²) >= 11 is 0. The third kappa shape index (κ3) is 1.95. The van der Waals surface area contributed by atoms with Crippen LogP contribution in [0.2, 0.25) is 0 Å². The van der Waals surface area contributed by atoms with Gasteiger partial charge in [-0.25, -0.2) is 0 Å². The number of nitrogens with zero attached hydrogens (tertiary/aromatic N) is 1. The Morgan fingerprint density at radius 3 is 2.18 bits per heavy atom. The van der Waals surface area contributed by atoms with Crippen molar-refractivity contribution in [2.75, 3.05) is 0 Å². The van der Waals surface area contributed by atoms with Gasteiger partial charge in [0.25, 0.3) is 0 Å². The molecule has 88 valence electrons. The molecule has 0 aliphatic heterocycles. The minimum atomic E-state index is -1.04. The van der Waals surface area contributed by atoms with E-state index in [1.54, 1.807) is 30.3 Å². The van der Waals surface area contributed by atoms with Crippen molar-refractivity contribution >= 4 is 11.6 Å². The molecule has 2 rings (SSSR count). The molecule has 0 unspecified atom stereocenters. The van der Waals surface area contributed by atoms with Gasteiger partial charge in [0.1, 0.15) is 17.6 Å². The summed E-state index contributed by atoms with van der Waals surface area (Å²) in [5.74, 6) is -2.14. The van der Waals surface area contributed by atoms with Crippen molar-refractivity contribution < 1.29 is 14.5 Å². The topological polar surface area (TPSA) is 77.3 Å². The Labute approximate surface area is 97.6 Å². The number of Topliss-reactive ketones (excluding diaryl/α,β-unsaturated/α-hetero) is 2. The molecule has 1 aliphatic carbocycles. The lowest BCUT2D eigenvalue weighted by atomic mass is 10.1. The second kappa shape index (κ2) is 4.08. The lowest BCUT2D eigenvalue weighted by molar-refractivity contribution is -0.499. The predicted octanol–water partition coefficient (Wildman–Crippen LogP) is 1.35. The van der Waals surface area contributed by atoms with E-state index >= 15 is 0 Å². The monoisotopic (exact) mass is 233 g/mol. The summed E-state index contributed by atoms with van der Waals surface area (Å²) in [5, 5.41) is 10.7. The zero-order valence-electron chi connectivity index (χ0n) is 9.20. The standard InChI is InChI=1S/C12H11NO4/c1-7(14)9-10(11(9)13(16)17)12(15)8-5-3-2-4-6-8/h2-6,9-11H,1H3/t9-,10-,11-/m1/s1. The van der Waals surface area contributed by atoms with Crippen molar-refractivity contribution in [2.45, 2.75) is 13.0 Å². The van der Waals surface area contributed by atoms with Crippen LogP contribution in [0.1, 0.15) is 17.3 Å². The molecule has 0 bridgehead atoms. The van der Waals surface area contributed by atoms with E-state index in [4.69, 9.17) is 0 Å². The van der Waals surface area contributed by atoms with Crippen molar-refractivity contribution in [3.63, 3.8) is 0 Å². The lowest BCUT2D eigenvalue weighted by Crippen LogP contribution is -2.10. The van der Waals surface area contributed by atoms with E-state index in [1.165, 1.54) is 6.92 Å². The molecule has 1 fully saturated rings. The van der Waals surface area contributed by atoms with Gasteiger partial charge >= 0.3 is 0 Å². The van der Waals surface area contributed by atoms with E-state index in [0.29, 0.717) is 5.56 Å². The van der Waals surface area contributed by atoms with Crippen LogP contribution in [0.4, 0.5) is 0 Å². The fourth-order valence-corrected chi connectivity index (χ4v) is 2.16. The van der Waals surface area contributed by atoms with Crippen LogP contribution in [-0.2, 0) is 4.79 Å². The number of nitro groups is 1. The van der Waals surface area contributed by atoms with E-state index in [2.05, 4.69) is 0 Å². The normalized spacial score (nSPS) is 26.3. The van der Waals surface area contributed by atoms with Crippen LogP contribution < -0.4 is 0 Å². The first-order valence-electron chi connectivity index (χ1n) is 5.27. The van der Waals surface area contributed by atoms with Crippen LogP contribution in [0.3, 0.4) is 0 Å². The summed E-state index contributed by atoms with van der Waals surface area (Å²) in [6.07, 6.45) is 0. The second-order valence-electron chi connectivity index (χ2n) is 4.17. The SMILES string of the molecule is CC(=O)[C@@H]1[C@@H](C(=O)c2ccccc2)[C@@H]1[N+](=O)[O-]. The van der Waals surface area contributed by atoms with Gasteiger partial charge in [0.2, 0.25) is 6.04 Å². The maximum absolute atomic E-state index is 12.0. The molecule has 5 heteroatoms. The first-order chi connectivity index (χ1) is 8.04. The fraction of sp³-hybridized carbons (Fsp3) is 0.333. The molecular weight excluding hydrogens is 222 g/mol. The molecule has 1 aromatic rings. The summed E-state index contributed by atoms with van der Waals surface area (Å²) in [6, 6.07) is 7.32. The van der Waals surface area contributed by atoms with Crippen molar-refractivity contribution in [2.24, 2.45) is 11.8 Å². The van der Waals surface area contributed by atoms with Crippen molar-refractivity contribution in [1.29, 1.82) is 0 Å². The number of carbonyl (C=O) groups excluding carboxylic acids is 2. The number of rotatable bonds is 4. The molecule has 1 aromatic carbocycles. The van der Waals surface area contributed by atoms with Gasteiger partial charge in [-0.2, -0.15) is 0 Å². The highest BCUT2D eigenvalue weighted by molar-refractivity contribution is 6.04. The van der Waals surface area contributed by atoms with Crippen LogP contribution in [0.15, 0.2) is 30.3 Å². The van der Waals surface area contributed by atoms with E-state index in [1.807, 2.05) is 0 Å². The lowest BCUT2D eigenvalue weighted by Gasteiger charge is -1.96. The van der Waals surface area contributed by atoms with Crippen LogP contribution in [-0.4, -0.2) is 22.5 Å². The molecule has 3 atom stereocenters. The molecule has 0 spiro atoms. The average molecular weight is 233 g/mol. The van der Waals surface area contributed by atoms with Gasteiger partial charge < -0.3 is 0 Å². The third-order valence-corrected chi connectivity index (χ3v) is 3.06. The van der Waals surface area contributed by atoms with Crippen molar-refractivity contribution in [1.82, 2.24) is 0 Å². The van der Waals surface area contributed by atoms with E-state index in [0.717, 1.165) is 0 Å². The number of ketones is 2. The molecule has 0 aromatic heterocycles. The minimum Gasteiger partial charge on any atom is -0.299 e. The molecule has 0 heterocycles. The van der Waals surface area contributed by atoms with Gasteiger partial charge in [0.05, 0.1) is 0 Å². The Bertz CT molecular complexity index is 463. The van der Waals surface area contributed by atoms with Crippen molar-refractivity contribution in [3.8, 4) is 0 Å². The number of benzene rings is 1. The predicted molar refractivity (Wildman–Crippen MR) is 59.2 cm³/mol.